The van der Waals surface area contributed by atoms with E-state index in [2.05, 4.69) is 25.9 Å². The molecule has 3 aromatic rings. The predicted octanol–water partition coefficient (Wildman–Crippen LogP) is 4.85. The lowest BCUT2D eigenvalue weighted by Gasteiger charge is -2.45. The number of methoxy groups -OCH3 is 1. The zero-order valence-electron chi connectivity index (χ0n) is 17.2. The van der Waals surface area contributed by atoms with Crippen molar-refractivity contribution in [2.24, 2.45) is 16.6 Å². The highest BCUT2D eigenvalue weighted by Crippen LogP contribution is 2.51. The second-order valence-electron chi connectivity index (χ2n) is 7.75. The summed E-state index contributed by atoms with van der Waals surface area (Å²) in [6.07, 6.45) is 4.52. The van der Waals surface area contributed by atoms with Gasteiger partial charge in [0.25, 0.3) is 0 Å². The largest absolute Gasteiger partial charge is 0.481 e. The zero-order valence-corrected chi connectivity index (χ0v) is 19.6. The van der Waals surface area contributed by atoms with Crippen LogP contribution < -0.4 is 15.2 Å². The molecule has 3 heterocycles. The lowest BCUT2D eigenvalue weighted by molar-refractivity contribution is 0.261. The van der Waals surface area contributed by atoms with Crippen molar-refractivity contribution in [3.8, 4) is 17.5 Å². The van der Waals surface area contributed by atoms with Gasteiger partial charge in [0.1, 0.15) is 11.6 Å². The van der Waals surface area contributed by atoms with E-state index in [-0.39, 0.29) is 11.7 Å². The summed E-state index contributed by atoms with van der Waals surface area (Å²) in [6.45, 7) is 0. The number of hydrogen-bond acceptors (Lipinski definition) is 7. The van der Waals surface area contributed by atoms with E-state index in [1.54, 1.807) is 37.7 Å². The van der Waals surface area contributed by atoms with Crippen LogP contribution in [0.4, 0.5) is 4.39 Å². The number of aliphatic imine (C=N–C) groups is 1. The van der Waals surface area contributed by atoms with Crippen molar-refractivity contribution in [2.45, 2.75) is 18.4 Å². The van der Waals surface area contributed by atoms with Crippen LogP contribution in [-0.4, -0.2) is 28.0 Å². The average Bonchev–Trinajstić information content (AvgIpc) is 2.80. The molecule has 32 heavy (non-hydrogen) atoms. The van der Waals surface area contributed by atoms with Crippen molar-refractivity contribution >= 4 is 32.9 Å². The van der Waals surface area contributed by atoms with Crippen molar-refractivity contribution in [3.63, 3.8) is 0 Å². The third-order valence-corrected chi connectivity index (χ3v) is 7.62. The van der Waals surface area contributed by atoms with Crippen LogP contribution in [0, 0.1) is 11.7 Å². The fourth-order valence-electron chi connectivity index (χ4n) is 4.50. The summed E-state index contributed by atoms with van der Waals surface area (Å²) in [5.41, 5.74) is 7.79. The Kier molecular flexibility index (Phi) is 5.54. The highest BCUT2D eigenvalue weighted by atomic mass is 79.9. The first-order chi connectivity index (χ1) is 15.5. The third-order valence-electron chi connectivity index (χ3n) is 5.98. The summed E-state index contributed by atoms with van der Waals surface area (Å²) in [5.74, 6) is 1.87. The van der Waals surface area contributed by atoms with Gasteiger partial charge in [0, 0.05) is 52.2 Å². The Morgan fingerprint density at radius 1 is 1.22 bits per heavy atom. The molecule has 0 saturated heterocycles. The minimum atomic E-state index is -0.883. The fraction of sp³-hybridized carbons (Fsp3) is 0.261. The van der Waals surface area contributed by atoms with Crippen molar-refractivity contribution in [1.29, 1.82) is 0 Å². The number of nitrogens with two attached hydrogens (primary N) is 1. The molecule has 2 aliphatic rings. The second kappa shape index (κ2) is 8.37. The van der Waals surface area contributed by atoms with Gasteiger partial charge in [-0.05, 0) is 52.2 Å². The number of halogens is 2. The molecule has 0 radical (unpaired) electrons. The Bertz CT molecular complexity index is 1210. The molecule has 0 fully saturated rings. The van der Waals surface area contributed by atoms with Gasteiger partial charge < -0.3 is 15.2 Å². The summed E-state index contributed by atoms with van der Waals surface area (Å²) in [7, 11) is 1.59. The SMILES string of the molecule is COc1ncc(Br)c2c1C[C@@]1(c3cc(Oc4ccccn4)ccc3F)N=C(N)SC[C@H]1C2. The maximum Gasteiger partial charge on any atom is 0.219 e. The van der Waals surface area contributed by atoms with E-state index in [0.29, 0.717) is 41.1 Å². The Balaban J connectivity index is 1.65. The van der Waals surface area contributed by atoms with Crippen LogP contribution in [0.15, 0.2) is 58.3 Å². The van der Waals surface area contributed by atoms with E-state index in [4.69, 9.17) is 20.2 Å². The Morgan fingerprint density at radius 2 is 2.09 bits per heavy atom. The second-order valence-corrected chi connectivity index (χ2v) is 9.64. The molecule has 2 atom stereocenters. The quantitative estimate of drug-likeness (QED) is 0.535. The van der Waals surface area contributed by atoms with Crippen LogP contribution in [-0.2, 0) is 18.4 Å². The molecule has 0 amide bonds. The van der Waals surface area contributed by atoms with E-state index in [9.17, 15) is 0 Å². The number of fused-ring (bicyclic) bond motifs is 2. The minimum absolute atomic E-state index is 0.0373. The van der Waals surface area contributed by atoms with Crippen LogP contribution in [0.25, 0.3) is 0 Å². The number of pyridine rings is 2. The molecule has 9 heteroatoms. The number of hydrogen-bond donors (Lipinski definition) is 1. The van der Waals surface area contributed by atoms with Crippen LogP contribution in [0.2, 0.25) is 0 Å². The van der Waals surface area contributed by atoms with Gasteiger partial charge in [0.05, 0.1) is 12.6 Å². The molecule has 1 aliphatic carbocycles. The van der Waals surface area contributed by atoms with E-state index in [1.807, 2.05) is 12.1 Å². The normalized spacial score (nSPS) is 21.8. The van der Waals surface area contributed by atoms with Gasteiger partial charge in [-0.1, -0.05) is 17.8 Å². The fourth-order valence-corrected chi connectivity index (χ4v) is 5.99. The Labute approximate surface area is 197 Å². The number of benzene rings is 1. The van der Waals surface area contributed by atoms with Gasteiger partial charge in [-0.2, -0.15) is 0 Å². The van der Waals surface area contributed by atoms with Gasteiger partial charge in [-0.15, -0.1) is 0 Å². The van der Waals surface area contributed by atoms with E-state index >= 15 is 4.39 Å². The van der Waals surface area contributed by atoms with E-state index in [0.717, 1.165) is 21.4 Å². The smallest absolute Gasteiger partial charge is 0.219 e. The molecule has 0 unspecified atom stereocenters. The molecule has 1 aromatic carbocycles. The number of thioether (sulfide) groups is 1. The zero-order chi connectivity index (χ0) is 22.3. The Hall–Kier alpha value is -2.65. The summed E-state index contributed by atoms with van der Waals surface area (Å²) in [6, 6.07) is 10.1. The van der Waals surface area contributed by atoms with Crippen LogP contribution in [0.5, 0.6) is 17.5 Å². The van der Waals surface area contributed by atoms with Crippen molar-refractivity contribution in [2.75, 3.05) is 12.9 Å². The monoisotopic (exact) mass is 514 g/mol. The van der Waals surface area contributed by atoms with E-state index < -0.39 is 5.54 Å². The standard InChI is InChI=1S/C23H20BrFN4O2S/c1-30-21-16-10-23(13(12-32-22(26)29-23)8-15(16)18(24)11-28-21)17-9-14(5-6-19(17)25)31-20-4-2-3-7-27-20/h2-7,9,11,13H,8,10,12H2,1H3,(H2,26,29)/t13-,23-/m1/s1. The molecule has 5 rings (SSSR count). The number of nitrogens with zero attached hydrogens (tertiary/aromatic N) is 3. The highest BCUT2D eigenvalue weighted by Gasteiger charge is 2.49. The van der Waals surface area contributed by atoms with Gasteiger partial charge in [-0.3, -0.25) is 4.99 Å². The van der Waals surface area contributed by atoms with Gasteiger partial charge in [0.2, 0.25) is 11.8 Å². The molecular formula is C23H20BrFN4O2S. The number of ether oxygens (including phenoxy) is 2. The first-order valence-corrected chi connectivity index (χ1v) is 11.9. The number of rotatable bonds is 4. The molecular weight excluding hydrogens is 495 g/mol. The van der Waals surface area contributed by atoms with Gasteiger partial charge in [-0.25, -0.2) is 14.4 Å². The molecule has 164 valence electrons. The summed E-state index contributed by atoms with van der Waals surface area (Å²) in [5, 5.41) is 0.446. The van der Waals surface area contributed by atoms with Crippen LogP contribution >= 0.6 is 27.7 Å². The predicted molar refractivity (Wildman–Crippen MR) is 126 cm³/mol. The van der Waals surface area contributed by atoms with E-state index in [1.165, 1.54) is 17.8 Å². The maximum absolute atomic E-state index is 15.4. The number of amidine groups is 1. The van der Waals surface area contributed by atoms with Crippen LogP contribution in [0.1, 0.15) is 16.7 Å². The minimum Gasteiger partial charge on any atom is -0.481 e. The third kappa shape index (κ3) is 3.63. The van der Waals surface area contributed by atoms with Crippen molar-refractivity contribution in [3.05, 3.63) is 75.8 Å². The molecule has 2 aromatic heterocycles. The summed E-state index contributed by atoms with van der Waals surface area (Å²) >= 11 is 5.13. The highest BCUT2D eigenvalue weighted by molar-refractivity contribution is 9.10. The van der Waals surface area contributed by atoms with Crippen molar-refractivity contribution in [1.82, 2.24) is 9.97 Å². The van der Waals surface area contributed by atoms with Gasteiger partial charge in [0.15, 0.2) is 5.17 Å². The topological polar surface area (TPSA) is 82.6 Å². The molecule has 0 bridgehead atoms. The molecule has 2 N–H and O–H groups in total. The average molecular weight is 515 g/mol. The summed E-state index contributed by atoms with van der Waals surface area (Å²) in [4.78, 5) is 13.5. The van der Waals surface area contributed by atoms with Crippen LogP contribution in [0.3, 0.4) is 0 Å². The molecule has 0 spiro atoms. The molecule has 6 nitrogen and oxygen atoms in total. The number of aromatic nitrogens is 2. The molecule has 0 saturated carbocycles. The van der Waals surface area contributed by atoms with Gasteiger partial charge >= 0.3 is 0 Å². The first-order valence-electron chi connectivity index (χ1n) is 10.1. The first kappa shape index (κ1) is 21.2. The molecule has 1 aliphatic heterocycles. The maximum atomic E-state index is 15.4. The lowest BCUT2D eigenvalue weighted by Crippen LogP contribution is -2.46. The Morgan fingerprint density at radius 3 is 2.88 bits per heavy atom. The summed E-state index contributed by atoms with van der Waals surface area (Å²) < 4.78 is 27.7. The van der Waals surface area contributed by atoms with Crippen molar-refractivity contribution < 1.29 is 13.9 Å². The lowest BCUT2D eigenvalue weighted by atomic mass is 9.67.